The minimum absolute atomic E-state index is 0.604. The number of rotatable bonds is 2. The molecular weight excluding hydrogens is 246 g/mol. The fourth-order valence-electron chi connectivity index (χ4n) is 3.71. The molecule has 1 heterocycles. The Morgan fingerprint density at radius 2 is 1.80 bits per heavy atom. The third-order valence-electron chi connectivity index (χ3n) is 5.07. The third kappa shape index (κ3) is 3.20. The highest BCUT2D eigenvalue weighted by Gasteiger charge is 2.22. The molecule has 2 N–H and O–H groups in total. The molecule has 1 unspecified atom stereocenters. The van der Waals surface area contributed by atoms with E-state index in [-0.39, 0.29) is 0 Å². The van der Waals surface area contributed by atoms with Gasteiger partial charge in [-0.2, -0.15) is 0 Å². The lowest BCUT2D eigenvalue weighted by atomic mass is 9.86. The van der Waals surface area contributed by atoms with Crippen LogP contribution in [0, 0.1) is 5.92 Å². The van der Waals surface area contributed by atoms with Crippen LogP contribution in [0.1, 0.15) is 74.4 Å². The van der Waals surface area contributed by atoms with E-state index in [1.165, 1.54) is 62.6 Å². The molecule has 0 radical (unpaired) electrons. The van der Waals surface area contributed by atoms with Crippen molar-refractivity contribution in [2.45, 2.75) is 70.1 Å². The quantitative estimate of drug-likeness (QED) is 0.899. The van der Waals surface area contributed by atoms with Gasteiger partial charge in [-0.25, -0.2) is 9.97 Å². The Hall–Kier alpha value is -0.960. The first-order valence-electron chi connectivity index (χ1n) is 8.41. The van der Waals surface area contributed by atoms with E-state index in [2.05, 4.69) is 6.20 Å². The summed E-state index contributed by atoms with van der Waals surface area (Å²) in [6.07, 6.45) is 14.9. The molecule has 2 aliphatic rings. The van der Waals surface area contributed by atoms with Crippen molar-refractivity contribution in [2.24, 2.45) is 11.7 Å². The lowest BCUT2D eigenvalue weighted by Crippen LogP contribution is -2.24. The number of nitrogens with zero attached hydrogens (tertiary/aromatic N) is 2. The zero-order valence-electron chi connectivity index (χ0n) is 12.5. The maximum absolute atomic E-state index is 5.80. The summed E-state index contributed by atoms with van der Waals surface area (Å²) in [6.45, 7) is 0.795. The van der Waals surface area contributed by atoms with Gasteiger partial charge in [0.2, 0.25) is 0 Å². The summed E-state index contributed by atoms with van der Waals surface area (Å²) in [7, 11) is 0. The predicted octanol–water partition coefficient (Wildman–Crippen LogP) is 3.37. The average molecular weight is 273 g/mol. The Morgan fingerprint density at radius 1 is 1.05 bits per heavy atom. The lowest BCUT2D eigenvalue weighted by molar-refractivity contribution is 0.432. The van der Waals surface area contributed by atoms with Gasteiger partial charge < -0.3 is 5.73 Å². The SMILES string of the molecule is NCC1CCc2nc(C3CCCCCCC3)ncc2C1. The fraction of sp³-hybridized carbons (Fsp3) is 0.765. The Kier molecular flexibility index (Phi) is 4.66. The van der Waals surface area contributed by atoms with E-state index >= 15 is 0 Å². The molecule has 3 nitrogen and oxygen atoms in total. The first-order valence-corrected chi connectivity index (χ1v) is 8.41. The third-order valence-corrected chi connectivity index (χ3v) is 5.07. The molecule has 2 aliphatic carbocycles. The van der Waals surface area contributed by atoms with Gasteiger partial charge in [0.05, 0.1) is 0 Å². The Bertz CT molecular complexity index is 436. The summed E-state index contributed by atoms with van der Waals surface area (Å²) in [6, 6.07) is 0. The maximum Gasteiger partial charge on any atom is 0.131 e. The van der Waals surface area contributed by atoms with Gasteiger partial charge in [-0.1, -0.05) is 32.1 Å². The van der Waals surface area contributed by atoms with Gasteiger partial charge in [0.15, 0.2) is 0 Å². The van der Waals surface area contributed by atoms with Crippen molar-refractivity contribution in [1.29, 1.82) is 0 Å². The van der Waals surface area contributed by atoms with Gasteiger partial charge >= 0.3 is 0 Å². The van der Waals surface area contributed by atoms with Crippen LogP contribution in [0.25, 0.3) is 0 Å². The molecule has 0 bridgehead atoms. The standard InChI is InChI=1S/C17H27N3/c18-11-13-8-9-16-15(10-13)12-19-17(20-16)14-6-4-2-1-3-5-7-14/h12-14H,1-11,18H2. The van der Waals surface area contributed by atoms with Crippen LogP contribution in [0.2, 0.25) is 0 Å². The molecule has 1 saturated carbocycles. The minimum Gasteiger partial charge on any atom is -0.330 e. The van der Waals surface area contributed by atoms with Crippen molar-refractivity contribution >= 4 is 0 Å². The predicted molar refractivity (Wildman–Crippen MR) is 81.7 cm³/mol. The van der Waals surface area contributed by atoms with Gasteiger partial charge in [-0.3, -0.25) is 0 Å². The summed E-state index contributed by atoms with van der Waals surface area (Å²) < 4.78 is 0. The number of fused-ring (bicyclic) bond motifs is 1. The molecule has 1 atom stereocenters. The van der Waals surface area contributed by atoms with E-state index in [4.69, 9.17) is 15.7 Å². The van der Waals surface area contributed by atoms with Gasteiger partial charge in [0.1, 0.15) is 5.82 Å². The molecule has 0 aliphatic heterocycles. The Morgan fingerprint density at radius 3 is 2.55 bits per heavy atom. The van der Waals surface area contributed by atoms with Gasteiger partial charge in [-0.05, 0) is 50.1 Å². The van der Waals surface area contributed by atoms with Crippen LogP contribution < -0.4 is 5.73 Å². The van der Waals surface area contributed by atoms with Crippen LogP contribution in [0.4, 0.5) is 0 Å². The van der Waals surface area contributed by atoms with E-state index in [9.17, 15) is 0 Å². The molecule has 20 heavy (non-hydrogen) atoms. The summed E-state index contributed by atoms with van der Waals surface area (Å²) in [4.78, 5) is 9.63. The van der Waals surface area contributed by atoms with E-state index in [0.717, 1.165) is 25.2 Å². The second-order valence-electron chi connectivity index (χ2n) is 6.59. The van der Waals surface area contributed by atoms with E-state index < -0.39 is 0 Å². The van der Waals surface area contributed by atoms with E-state index in [0.29, 0.717) is 11.8 Å². The van der Waals surface area contributed by atoms with Crippen LogP contribution in [-0.2, 0) is 12.8 Å². The molecule has 1 aromatic heterocycles. The van der Waals surface area contributed by atoms with Gasteiger partial charge in [0, 0.05) is 17.8 Å². The summed E-state index contributed by atoms with van der Waals surface area (Å²) in [5, 5.41) is 0. The maximum atomic E-state index is 5.80. The smallest absolute Gasteiger partial charge is 0.131 e. The van der Waals surface area contributed by atoms with Gasteiger partial charge in [-0.15, -0.1) is 0 Å². The number of hydrogen-bond acceptors (Lipinski definition) is 3. The van der Waals surface area contributed by atoms with Crippen LogP contribution in [0.15, 0.2) is 6.20 Å². The van der Waals surface area contributed by atoms with Crippen molar-refractivity contribution in [3.05, 3.63) is 23.3 Å². The minimum atomic E-state index is 0.604. The number of aryl methyl sites for hydroxylation is 1. The van der Waals surface area contributed by atoms with Crippen molar-refractivity contribution in [3.8, 4) is 0 Å². The molecule has 3 rings (SSSR count). The van der Waals surface area contributed by atoms with Crippen molar-refractivity contribution < 1.29 is 0 Å². The second kappa shape index (κ2) is 6.66. The van der Waals surface area contributed by atoms with Crippen LogP contribution in [-0.4, -0.2) is 16.5 Å². The molecule has 1 aromatic rings. The van der Waals surface area contributed by atoms with Crippen molar-refractivity contribution in [3.63, 3.8) is 0 Å². The van der Waals surface area contributed by atoms with Crippen LogP contribution in [0.5, 0.6) is 0 Å². The highest BCUT2D eigenvalue weighted by molar-refractivity contribution is 5.22. The summed E-state index contributed by atoms with van der Waals surface area (Å²) in [5.41, 5.74) is 8.45. The molecule has 110 valence electrons. The zero-order valence-corrected chi connectivity index (χ0v) is 12.5. The zero-order chi connectivity index (χ0) is 13.8. The molecule has 0 saturated heterocycles. The molecule has 0 spiro atoms. The highest BCUT2D eigenvalue weighted by Crippen LogP contribution is 2.30. The van der Waals surface area contributed by atoms with E-state index in [1.807, 2.05) is 0 Å². The Labute approximate surface area is 122 Å². The number of aromatic nitrogens is 2. The molecular formula is C17H27N3. The monoisotopic (exact) mass is 273 g/mol. The second-order valence-corrected chi connectivity index (χ2v) is 6.59. The topological polar surface area (TPSA) is 51.8 Å². The van der Waals surface area contributed by atoms with Crippen LogP contribution >= 0.6 is 0 Å². The normalized spacial score (nSPS) is 24.8. The lowest BCUT2D eigenvalue weighted by Gasteiger charge is -2.24. The molecule has 0 amide bonds. The first kappa shape index (κ1) is 14.0. The molecule has 3 heteroatoms. The first-order chi connectivity index (χ1) is 9.86. The summed E-state index contributed by atoms with van der Waals surface area (Å²) in [5.74, 6) is 2.36. The largest absolute Gasteiger partial charge is 0.330 e. The number of nitrogens with two attached hydrogens (primary N) is 1. The average Bonchev–Trinajstić information content (AvgIpc) is 2.46. The van der Waals surface area contributed by atoms with Crippen molar-refractivity contribution in [2.75, 3.05) is 6.54 Å². The number of hydrogen-bond donors (Lipinski definition) is 1. The fourth-order valence-corrected chi connectivity index (χ4v) is 3.71. The highest BCUT2D eigenvalue weighted by atomic mass is 14.9. The van der Waals surface area contributed by atoms with E-state index in [1.54, 1.807) is 0 Å². The van der Waals surface area contributed by atoms with Gasteiger partial charge in [0.25, 0.3) is 0 Å². The molecule has 0 aromatic carbocycles. The van der Waals surface area contributed by atoms with Crippen LogP contribution in [0.3, 0.4) is 0 Å². The van der Waals surface area contributed by atoms with Crippen molar-refractivity contribution in [1.82, 2.24) is 9.97 Å². The molecule has 1 fully saturated rings. The Balaban J connectivity index is 1.74. The summed E-state index contributed by atoms with van der Waals surface area (Å²) >= 11 is 0.